The molecule has 0 radical (unpaired) electrons. The predicted octanol–water partition coefficient (Wildman–Crippen LogP) is 1.42. The van der Waals surface area contributed by atoms with Gasteiger partial charge in [0.2, 0.25) is 0 Å². The van der Waals surface area contributed by atoms with Crippen molar-refractivity contribution in [2.75, 3.05) is 13.1 Å². The summed E-state index contributed by atoms with van der Waals surface area (Å²) in [4.78, 5) is 4.16. The van der Waals surface area contributed by atoms with Crippen LogP contribution in [0.4, 0.5) is 0 Å². The maximum atomic E-state index is 4.31. The number of aromatic amines is 1. The lowest BCUT2D eigenvalue weighted by Crippen LogP contribution is -2.26. The molecular weight excluding hydrogens is 188 g/mol. The smallest absolute Gasteiger partial charge is 0.0954 e. The zero-order valence-corrected chi connectivity index (χ0v) is 8.53. The summed E-state index contributed by atoms with van der Waals surface area (Å²) in [6.45, 7) is 2.21. The van der Waals surface area contributed by atoms with Crippen LogP contribution in [0, 0.1) is 0 Å². The van der Waals surface area contributed by atoms with Gasteiger partial charge in [-0.2, -0.15) is 5.10 Å². The van der Waals surface area contributed by atoms with Gasteiger partial charge in [-0.25, -0.2) is 0 Å². The van der Waals surface area contributed by atoms with Crippen LogP contribution in [-0.4, -0.2) is 28.3 Å². The van der Waals surface area contributed by atoms with E-state index in [9.17, 15) is 0 Å². The molecule has 1 aliphatic rings. The molecule has 0 aromatic carbocycles. The van der Waals surface area contributed by atoms with Gasteiger partial charge in [0.1, 0.15) is 0 Å². The summed E-state index contributed by atoms with van der Waals surface area (Å²) < 4.78 is 0. The van der Waals surface area contributed by atoms with Crippen molar-refractivity contribution >= 4 is 10.9 Å². The number of H-pyrrole nitrogens is 1. The number of fused-ring (bicyclic) bond motifs is 1. The second-order valence-electron chi connectivity index (χ2n) is 4.05. The van der Waals surface area contributed by atoms with E-state index in [0.29, 0.717) is 5.92 Å². The lowest BCUT2D eigenvalue weighted by molar-refractivity contribution is 0.454. The van der Waals surface area contributed by atoms with E-state index < -0.39 is 0 Å². The van der Waals surface area contributed by atoms with Crippen molar-refractivity contribution in [3.05, 3.63) is 24.2 Å². The number of nitrogens with zero attached hydrogens (tertiary/aromatic N) is 2. The van der Waals surface area contributed by atoms with Crippen molar-refractivity contribution in [1.82, 2.24) is 20.5 Å². The fraction of sp³-hybridized carbons (Fsp3) is 0.455. The molecule has 2 N–H and O–H groups in total. The Kier molecular flexibility index (Phi) is 2.14. The molecule has 3 rings (SSSR count). The van der Waals surface area contributed by atoms with Crippen LogP contribution in [-0.2, 0) is 0 Å². The minimum Gasteiger partial charge on any atom is -0.317 e. The van der Waals surface area contributed by atoms with E-state index in [2.05, 4.69) is 20.5 Å². The molecule has 0 amide bonds. The van der Waals surface area contributed by atoms with Gasteiger partial charge >= 0.3 is 0 Å². The lowest BCUT2D eigenvalue weighted by atomic mass is 9.93. The normalized spacial score (nSPS) is 18.4. The number of aromatic nitrogens is 3. The Morgan fingerprint density at radius 1 is 1.27 bits per heavy atom. The molecule has 15 heavy (non-hydrogen) atoms. The SMILES string of the molecule is c1cc2n[nH]c(C3CCNCC3)c2cn1. The molecule has 1 aliphatic heterocycles. The van der Waals surface area contributed by atoms with Crippen LogP contribution in [0.2, 0.25) is 0 Å². The molecule has 78 valence electrons. The Balaban J connectivity index is 2.02. The van der Waals surface area contributed by atoms with E-state index in [1.807, 2.05) is 12.3 Å². The second-order valence-corrected chi connectivity index (χ2v) is 4.05. The Hall–Kier alpha value is -1.42. The molecule has 0 aliphatic carbocycles. The average Bonchev–Trinajstić information content (AvgIpc) is 2.74. The van der Waals surface area contributed by atoms with Crippen molar-refractivity contribution in [3.8, 4) is 0 Å². The highest BCUT2D eigenvalue weighted by molar-refractivity contribution is 5.80. The Labute approximate surface area is 88.1 Å². The van der Waals surface area contributed by atoms with Gasteiger partial charge in [-0.1, -0.05) is 0 Å². The molecule has 4 heteroatoms. The lowest BCUT2D eigenvalue weighted by Gasteiger charge is -2.21. The highest BCUT2D eigenvalue weighted by Crippen LogP contribution is 2.28. The average molecular weight is 202 g/mol. The van der Waals surface area contributed by atoms with Crippen LogP contribution in [0.3, 0.4) is 0 Å². The number of pyridine rings is 1. The Morgan fingerprint density at radius 3 is 3.00 bits per heavy atom. The molecule has 1 fully saturated rings. The standard InChI is InChI=1S/C11H14N4/c1-4-12-5-2-8(1)11-9-7-13-6-3-10(9)14-15-11/h3,6-8,12H,1-2,4-5H2,(H,14,15). The maximum Gasteiger partial charge on any atom is 0.0954 e. The maximum absolute atomic E-state index is 4.31. The number of hydrogen-bond donors (Lipinski definition) is 2. The van der Waals surface area contributed by atoms with Crippen LogP contribution in [0.25, 0.3) is 10.9 Å². The van der Waals surface area contributed by atoms with Gasteiger partial charge in [-0.15, -0.1) is 0 Å². The molecule has 0 bridgehead atoms. The summed E-state index contributed by atoms with van der Waals surface area (Å²) in [6.07, 6.45) is 6.07. The van der Waals surface area contributed by atoms with E-state index in [1.54, 1.807) is 6.20 Å². The predicted molar refractivity (Wildman–Crippen MR) is 58.7 cm³/mol. The van der Waals surface area contributed by atoms with Gasteiger partial charge in [0.15, 0.2) is 0 Å². The number of rotatable bonds is 1. The summed E-state index contributed by atoms with van der Waals surface area (Å²) in [6, 6.07) is 1.95. The third kappa shape index (κ3) is 1.51. The topological polar surface area (TPSA) is 53.6 Å². The number of nitrogens with one attached hydrogen (secondary N) is 2. The van der Waals surface area contributed by atoms with E-state index in [4.69, 9.17) is 0 Å². The Bertz CT molecular complexity index is 456. The first-order valence-corrected chi connectivity index (χ1v) is 5.44. The molecule has 0 spiro atoms. The zero-order valence-electron chi connectivity index (χ0n) is 8.53. The third-order valence-electron chi connectivity index (χ3n) is 3.13. The van der Waals surface area contributed by atoms with Gasteiger partial charge < -0.3 is 5.32 Å². The first kappa shape index (κ1) is 8.85. The molecule has 4 nitrogen and oxygen atoms in total. The van der Waals surface area contributed by atoms with Crippen LogP contribution < -0.4 is 5.32 Å². The molecule has 2 aromatic heterocycles. The summed E-state index contributed by atoms with van der Waals surface area (Å²) in [5.74, 6) is 0.612. The molecular formula is C11H14N4. The van der Waals surface area contributed by atoms with E-state index in [0.717, 1.165) is 18.6 Å². The van der Waals surface area contributed by atoms with Crippen molar-refractivity contribution < 1.29 is 0 Å². The fourth-order valence-corrected chi connectivity index (χ4v) is 2.29. The van der Waals surface area contributed by atoms with Gasteiger partial charge in [-0.05, 0) is 32.0 Å². The van der Waals surface area contributed by atoms with Crippen LogP contribution in [0.5, 0.6) is 0 Å². The summed E-state index contributed by atoms with van der Waals surface area (Å²) >= 11 is 0. The van der Waals surface area contributed by atoms with Crippen LogP contribution >= 0.6 is 0 Å². The molecule has 3 heterocycles. The van der Waals surface area contributed by atoms with Gasteiger partial charge in [0.05, 0.1) is 5.52 Å². The first-order chi connectivity index (χ1) is 7.45. The largest absolute Gasteiger partial charge is 0.317 e. The van der Waals surface area contributed by atoms with E-state index in [1.165, 1.54) is 23.9 Å². The minimum absolute atomic E-state index is 0.612. The van der Waals surface area contributed by atoms with Crippen molar-refractivity contribution in [3.63, 3.8) is 0 Å². The van der Waals surface area contributed by atoms with Crippen molar-refractivity contribution in [1.29, 1.82) is 0 Å². The van der Waals surface area contributed by atoms with Gasteiger partial charge in [0.25, 0.3) is 0 Å². The molecule has 2 aromatic rings. The van der Waals surface area contributed by atoms with Crippen molar-refractivity contribution in [2.45, 2.75) is 18.8 Å². The highest BCUT2D eigenvalue weighted by Gasteiger charge is 2.19. The second kappa shape index (κ2) is 3.62. The highest BCUT2D eigenvalue weighted by atomic mass is 15.1. The molecule has 0 unspecified atom stereocenters. The summed E-state index contributed by atoms with van der Waals surface area (Å²) in [5, 5.41) is 12.0. The van der Waals surface area contributed by atoms with Crippen LogP contribution in [0.1, 0.15) is 24.5 Å². The quantitative estimate of drug-likeness (QED) is 0.735. The van der Waals surface area contributed by atoms with Crippen molar-refractivity contribution in [2.24, 2.45) is 0 Å². The fourth-order valence-electron chi connectivity index (χ4n) is 2.29. The molecule has 0 atom stereocenters. The van der Waals surface area contributed by atoms with E-state index in [-0.39, 0.29) is 0 Å². The number of hydrogen-bond acceptors (Lipinski definition) is 3. The van der Waals surface area contributed by atoms with Crippen LogP contribution in [0.15, 0.2) is 18.5 Å². The number of piperidine rings is 1. The van der Waals surface area contributed by atoms with Gasteiger partial charge in [0, 0.05) is 29.4 Å². The molecule has 0 saturated carbocycles. The monoisotopic (exact) mass is 202 g/mol. The zero-order chi connectivity index (χ0) is 10.1. The molecule has 1 saturated heterocycles. The Morgan fingerprint density at radius 2 is 2.13 bits per heavy atom. The summed E-state index contributed by atoms with van der Waals surface area (Å²) in [7, 11) is 0. The minimum atomic E-state index is 0.612. The van der Waals surface area contributed by atoms with E-state index >= 15 is 0 Å². The third-order valence-corrected chi connectivity index (χ3v) is 3.13. The first-order valence-electron chi connectivity index (χ1n) is 5.44. The van der Waals surface area contributed by atoms with Gasteiger partial charge in [-0.3, -0.25) is 10.1 Å². The summed E-state index contributed by atoms with van der Waals surface area (Å²) in [5.41, 5.74) is 2.29.